The fourth-order valence-electron chi connectivity index (χ4n) is 9.28. The lowest BCUT2D eigenvalue weighted by molar-refractivity contribution is -0.167. The molecule has 6 heteroatoms. The molecule has 70 heavy (non-hydrogen) atoms. The Balaban J connectivity index is 3.93. The van der Waals surface area contributed by atoms with Gasteiger partial charge in [0.2, 0.25) is 0 Å². The number of hydrogen-bond acceptors (Lipinski definition) is 6. The van der Waals surface area contributed by atoms with E-state index in [0.29, 0.717) is 19.3 Å². The quantitative estimate of drug-likeness (QED) is 0.0261. The number of allylic oxidation sites excluding steroid dienone is 6. The number of unbranched alkanes of at least 4 members (excludes halogenated alkanes) is 40. The van der Waals surface area contributed by atoms with Crippen molar-refractivity contribution in [1.29, 1.82) is 0 Å². The van der Waals surface area contributed by atoms with Crippen LogP contribution in [0.25, 0.3) is 0 Å². The second-order valence-electron chi connectivity index (χ2n) is 21.0. The van der Waals surface area contributed by atoms with Crippen LogP contribution in [0.5, 0.6) is 0 Å². The van der Waals surface area contributed by atoms with Gasteiger partial charge in [0.1, 0.15) is 13.2 Å². The molecule has 0 aromatic rings. The standard InChI is InChI=1S/C64H118O6/c1-4-7-10-13-16-18-20-22-23-24-25-26-27-28-29-30-31-32-33-34-35-36-37-38-39-40-42-43-45-48-51-54-57-63(66)69-60-61(59-68-62(65)56-53-50-47-15-12-9-6-3)70-64(67)58-55-52-49-46-44-41-21-19-17-14-11-8-5-2/h8,11,17,19,41,44,61H,4-7,9-10,12-16,18,20-40,42-43,45-60H2,1-3H3/b11-8-,19-17-,44-41-. The summed E-state index contributed by atoms with van der Waals surface area (Å²) in [5, 5.41) is 0. The molecule has 0 N–H and O–H groups in total. The van der Waals surface area contributed by atoms with Crippen LogP contribution in [0.1, 0.15) is 335 Å². The first kappa shape index (κ1) is 67.6. The number of carbonyl (C=O) groups is 3. The van der Waals surface area contributed by atoms with E-state index >= 15 is 0 Å². The minimum Gasteiger partial charge on any atom is -0.462 e. The minimum absolute atomic E-state index is 0.0803. The monoisotopic (exact) mass is 983 g/mol. The second kappa shape index (κ2) is 59.2. The van der Waals surface area contributed by atoms with Gasteiger partial charge in [-0.2, -0.15) is 0 Å². The van der Waals surface area contributed by atoms with Crippen molar-refractivity contribution in [3.63, 3.8) is 0 Å². The van der Waals surface area contributed by atoms with E-state index in [1.54, 1.807) is 0 Å². The molecule has 0 saturated carbocycles. The van der Waals surface area contributed by atoms with Crippen LogP contribution in [0.2, 0.25) is 0 Å². The Morgan fingerprint density at radius 3 is 0.871 bits per heavy atom. The van der Waals surface area contributed by atoms with Gasteiger partial charge >= 0.3 is 17.9 Å². The van der Waals surface area contributed by atoms with Crippen molar-refractivity contribution in [2.75, 3.05) is 13.2 Å². The molecular weight excluding hydrogens is 865 g/mol. The van der Waals surface area contributed by atoms with Crippen LogP contribution >= 0.6 is 0 Å². The molecule has 0 saturated heterocycles. The summed E-state index contributed by atoms with van der Waals surface area (Å²) in [7, 11) is 0. The Bertz CT molecular complexity index is 1170. The average Bonchev–Trinajstić information content (AvgIpc) is 3.36. The van der Waals surface area contributed by atoms with Gasteiger partial charge in [0, 0.05) is 19.3 Å². The Morgan fingerprint density at radius 2 is 0.557 bits per heavy atom. The van der Waals surface area contributed by atoms with Crippen LogP contribution in [0, 0.1) is 0 Å². The van der Waals surface area contributed by atoms with Crippen molar-refractivity contribution in [1.82, 2.24) is 0 Å². The summed E-state index contributed by atoms with van der Waals surface area (Å²) in [6.07, 6.45) is 72.1. The zero-order valence-electron chi connectivity index (χ0n) is 47.1. The van der Waals surface area contributed by atoms with Crippen molar-refractivity contribution in [3.05, 3.63) is 36.5 Å². The van der Waals surface area contributed by atoms with Crippen LogP contribution in [0.3, 0.4) is 0 Å². The average molecular weight is 984 g/mol. The predicted molar refractivity (Wildman–Crippen MR) is 302 cm³/mol. The maximum absolute atomic E-state index is 12.8. The number of rotatable bonds is 57. The summed E-state index contributed by atoms with van der Waals surface area (Å²) >= 11 is 0. The van der Waals surface area contributed by atoms with Crippen molar-refractivity contribution >= 4 is 17.9 Å². The van der Waals surface area contributed by atoms with Gasteiger partial charge in [0.05, 0.1) is 0 Å². The molecule has 0 rings (SSSR count). The third kappa shape index (κ3) is 56.5. The molecule has 0 bridgehead atoms. The highest BCUT2D eigenvalue weighted by Crippen LogP contribution is 2.18. The van der Waals surface area contributed by atoms with Gasteiger partial charge in [0.25, 0.3) is 0 Å². The van der Waals surface area contributed by atoms with Gasteiger partial charge in [-0.1, -0.05) is 301 Å². The molecule has 0 amide bonds. The lowest BCUT2D eigenvalue weighted by Crippen LogP contribution is -2.30. The van der Waals surface area contributed by atoms with E-state index in [9.17, 15) is 14.4 Å². The zero-order valence-corrected chi connectivity index (χ0v) is 47.1. The van der Waals surface area contributed by atoms with Gasteiger partial charge in [-0.15, -0.1) is 0 Å². The van der Waals surface area contributed by atoms with E-state index in [-0.39, 0.29) is 31.1 Å². The molecule has 0 radical (unpaired) electrons. The smallest absolute Gasteiger partial charge is 0.306 e. The molecule has 0 spiro atoms. The van der Waals surface area contributed by atoms with Gasteiger partial charge < -0.3 is 14.2 Å². The summed E-state index contributed by atoms with van der Waals surface area (Å²) in [4.78, 5) is 37.9. The molecule has 0 aliphatic rings. The summed E-state index contributed by atoms with van der Waals surface area (Å²) in [5.74, 6) is -0.902. The molecule has 1 unspecified atom stereocenters. The fraction of sp³-hybridized carbons (Fsp3) is 0.859. The number of carbonyl (C=O) groups excluding carboxylic acids is 3. The minimum atomic E-state index is -0.781. The van der Waals surface area contributed by atoms with E-state index in [2.05, 4.69) is 57.2 Å². The van der Waals surface area contributed by atoms with Crippen LogP contribution in [0.4, 0.5) is 0 Å². The summed E-state index contributed by atoms with van der Waals surface area (Å²) < 4.78 is 16.7. The van der Waals surface area contributed by atoms with E-state index in [1.165, 1.54) is 212 Å². The number of hydrogen-bond donors (Lipinski definition) is 0. The Morgan fingerprint density at radius 1 is 0.300 bits per heavy atom. The molecule has 0 fully saturated rings. The first-order valence-electron chi connectivity index (χ1n) is 31.0. The highest BCUT2D eigenvalue weighted by molar-refractivity contribution is 5.71. The molecular formula is C64H118O6. The van der Waals surface area contributed by atoms with Crippen molar-refractivity contribution < 1.29 is 28.6 Å². The molecule has 410 valence electrons. The maximum atomic E-state index is 12.8. The molecule has 0 aromatic heterocycles. The van der Waals surface area contributed by atoms with Crippen LogP contribution in [0.15, 0.2) is 36.5 Å². The predicted octanol–water partition coefficient (Wildman–Crippen LogP) is 20.8. The van der Waals surface area contributed by atoms with Crippen molar-refractivity contribution in [3.8, 4) is 0 Å². The van der Waals surface area contributed by atoms with E-state index in [4.69, 9.17) is 14.2 Å². The largest absolute Gasteiger partial charge is 0.462 e. The maximum Gasteiger partial charge on any atom is 0.306 e. The summed E-state index contributed by atoms with van der Waals surface area (Å²) in [5.41, 5.74) is 0. The van der Waals surface area contributed by atoms with Gasteiger partial charge in [-0.3, -0.25) is 14.4 Å². The second-order valence-corrected chi connectivity index (χ2v) is 21.0. The SMILES string of the molecule is CC/C=C\C/C=C\C/C=C\CCCCCC(=O)OC(COC(=O)CCCCCCCCC)COC(=O)CCCCCCCCCCCCCCCCCCCCCCCCCCCCCCCCCC. The molecule has 0 aliphatic carbocycles. The van der Waals surface area contributed by atoms with Gasteiger partial charge in [-0.05, 0) is 51.4 Å². The van der Waals surface area contributed by atoms with E-state index < -0.39 is 6.10 Å². The van der Waals surface area contributed by atoms with E-state index in [1.807, 2.05) is 0 Å². The molecule has 0 aromatic carbocycles. The van der Waals surface area contributed by atoms with Gasteiger partial charge in [-0.25, -0.2) is 0 Å². The first-order valence-corrected chi connectivity index (χ1v) is 31.0. The summed E-state index contributed by atoms with van der Waals surface area (Å²) in [6.45, 7) is 6.50. The first-order chi connectivity index (χ1) is 34.5. The van der Waals surface area contributed by atoms with Crippen LogP contribution in [-0.4, -0.2) is 37.2 Å². The third-order valence-corrected chi connectivity index (χ3v) is 13.9. The van der Waals surface area contributed by atoms with E-state index in [0.717, 1.165) is 83.5 Å². The Kier molecular flexibility index (Phi) is 57.2. The summed E-state index contributed by atoms with van der Waals surface area (Å²) in [6, 6.07) is 0. The molecule has 6 nitrogen and oxygen atoms in total. The lowest BCUT2D eigenvalue weighted by Gasteiger charge is -2.18. The third-order valence-electron chi connectivity index (χ3n) is 13.9. The number of ether oxygens (including phenoxy) is 3. The highest BCUT2D eigenvalue weighted by atomic mass is 16.6. The number of esters is 3. The molecule has 0 aliphatic heterocycles. The highest BCUT2D eigenvalue weighted by Gasteiger charge is 2.19. The lowest BCUT2D eigenvalue weighted by atomic mass is 10.0. The van der Waals surface area contributed by atoms with Crippen molar-refractivity contribution in [2.24, 2.45) is 0 Å². The Labute approximate surface area is 435 Å². The van der Waals surface area contributed by atoms with Crippen molar-refractivity contribution in [2.45, 2.75) is 341 Å². The molecule has 0 heterocycles. The van der Waals surface area contributed by atoms with Crippen LogP contribution in [-0.2, 0) is 28.6 Å². The normalized spacial score (nSPS) is 12.2. The van der Waals surface area contributed by atoms with Crippen LogP contribution < -0.4 is 0 Å². The molecule has 1 atom stereocenters. The topological polar surface area (TPSA) is 78.9 Å². The van der Waals surface area contributed by atoms with Gasteiger partial charge in [0.15, 0.2) is 6.10 Å². The zero-order chi connectivity index (χ0) is 50.7. The fourth-order valence-corrected chi connectivity index (χ4v) is 9.28. The Hall–Kier alpha value is -2.37.